The summed E-state index contributed by atoms with van der Waals surface area (Å²) in [7, 11) is 0. The second kappa shape index (κ2) is 5.49. The third-order valence-corrected chi connectivity index (χ3v) is 3.32. The minimum Gasteiger partial charge on any atom is -0.506 e. The molecule has 3 nitrogen and oxygen atoms in total. The van der Waals surface area contributed by atoms with Gasteiger partial charge in [-0.15, -0.1) is 0 Å². The normalized spacial score (nSPS) is 11.8. The fraction of sp³-hybridized carbons (Fsp3) is 0.455. The van der Waals surface area contributed by atoms with E-state index in [0.717, 1.165) is 10.0 Å². The van der Waals surface area contributed by atoms with Crippen LogP contribution in [0.5, 0.6) is 5.75 Å². The first-order valence-corrected chi connectivity index (χ1v) is 6.47. The van der Waals surface area contributed by atoms with Crippen molar-refractivity contribution in [3.8, 4) is 5.75 Å². The summed E-state index contributed by atoms with van der Waals surface area (Å²) in [5.74, 6) is 0.226. The number of nitrogens with one attached hydrogen (secondary N) is 1. The first-order valence-electron chi connectivity index (χ1n) is 4.88. The minimum atomic E-state index is -0.360. The Labute approximate surface area is 112 Å². The van der Waals surface area contributed by atoms with Crippen LogP contribution in [-0.4, -0.2) is 22.4 Å². The van der Waals surface area contributed by atoms with Crippen molar-refractivity contribution in [2.75, 3.05) is 6.61 Å². The third-order valence-electron chi connectivity index (χ3n) is 2.26. The largest absolute Gasteiger partial charge is 0.506 e. The van der Waals surface area contributed by atoms with E-state index in [9.17, 15) is 5.11 Å². The standard InChI is InChI=1S/C11H15Br2NO2/c1-11(2,6-15)14-5-7-3-8(12)4-9(13)10(7)16/h3-4,14-16H,5-6H2,1-2H3. The van der Waals surface area contributed by atoms with Gasteiger partial charge in [-0.1, -0.05) is 15.9 Å². The van der Waals surface area contributed by atoms with E-state index in [1.165, 1.54) is 0 Å². The van der Waals surface area contributed by atoms with Crippen LogP contribution in [0.2, 0.25) is 0 Å². The molecule has 0 spiro atoms. The molecular formula is C11H15Br2NO2. The highest BCUT2D eigenvalue weighted by atomic mass is 79.9. The second-order valence-corrected chi connectivity index (χ2v) is 6.06. The topological polar surface area (TPSA) is 52.5 Å². The fourth-order valence-corrected chi connectivity index (χ4v) is 2.46. The SMILES string of the molecule is CC(C)(CO)NCc1cc(Br)cc(Br)c1O. The lowest BCUT2D eigenvalue weighted by Crippen LogP contribution is -2.42. The molecule has 0 aliphatic rings. The number of phenolic OH excluding ortho intramolecular Hbond substituents is 1. The molecule has 1 rings (SSSR count). The molecule has 1 aromatic carbocycles. The van der Waals surface area contributed by atoms with Gasteiger partial charge in [0.05, 0.1) is 11.1 Å². The summed E-state index contributed by atoms with van der Waals surface area (Å²) in [5, 5.41) is 22.1. The number of phenols is 1. The van der Waals surface area contributed by atoms with Gasteiger partial charge in [-0.3, -0.25) is 0 Å². The predicted molar refractivity (Wildman–Crippen MR) is 71.5 cm³/mol. The average Bonchev–Trinajstić information content (AvgIpc) is 2.21. The number of aliphatic hydroxyl groups excluding tert-OH is 1. The van der Waals surface area contributed by atoms with Crippen LogP contribution in [0.25, 0.3) is 0 Å². The summed E-state index contributed by atoms with van der Waals surface area (Å²) >= 11 is 6.64. The predicted octanol–water partition coefficient (Wildman–Crippen LogP) is 2.78. The molecule has 0 radical (unpaired) electrons. The Morgan fingerprint density at radius 3 is 2.50 bits per heavy atom. The van der Waals surface area contributed by atoms with Gasteiger partial charge in [0.25, 0.3) is 0 Å². The first kappa shape index (κ1) is 14.0. The van der Waals surface area contributed by atoms with Crippen LogP contribution in [0.1, 0.15) is 19.4 Å². The third kappa shape index (κ3) is 3.73. The van der Waals surface area contributed by atoms with Gasteiger partial charge >= 0.3 is 0 Å². The van der Waals surface area contributed by atoms with Crippen molar-refractivity contribution in [3.63, 3.8) is 0 Å². The molecule has 16 heavy (non-hydrogen) atoms. The molecule has 0 unspecified atom stereocenters. The summed E-state index contributed by atoms with van der Waals surface area (Å²) in [5.41, 5.74) is 0.420. The van der Waals surface area contributed by atoms with Crippen LogP contribution in [0.4, 0.5) is 0 Å². The Hall–Kier alpha value is -0.100. The Bertz CT molecular complexity index is 380. The van der Waals surface area contributed by atoms with Crippen molar-refractivity contribution in [2.24, 2.45) is 0 Å². The molecule has 3 N–H and O–H groups in total. The minimum absolute atomic E-state index is 0.0446. The Balaban J connectivity index is 2.82. The number of hydrogen-bond donors (Lipinski definition) is 3. The Morgan fingerprint density at radius 2 is 1.94 bits per heavy atom. The number of aliphatic hydroxyl groups is 1. The number of halogens is 2. The molecule has 0 atom stereocenters. The maximum atomic E-state index is 9.82. The maximum absolute atomic E-state index is 9.82. The van der Waals surface area contributed by atoms with Gasteiger partial charge in [0.15, 0.2) is 0 Å². The molecule has 5 heteroatoms. The van der Waals surface area contributed by atoms with E-state index >= 15 is 0 Å². The van der Waals surface area contributed by atoms with Crippen molar-refractivity contribution in [2.45, 2.75) is 25.9 Å². The first-order chi connectivity index (χ1) is 7.35. The molecule has 0 fully saturated rings. The van der Waals surface area contributed by atoms with E-state index in [4.69, 9.17) is 5.11 Å². The summed E-state index contributed by atoms with van der Waals surface area (Å²) in [6.45, 7) is 4.34. The summed E-state index contributed by atoms with van der Waals surface area (Å²) in [6, 6.07) is 3.64. The van der Waals surface area contributed by atoms with Crippen LogP contribution >= 0.6 is 31.9 Å². The fourth-order valence-electron chi connectivity index (χ4n) is 1.14. The molecule has 0 aromatic heterocycles. The molecule has 0 aliphatic heterocycles. The lowest BCUT2D eigenvalue weighted by atomic mass is 10.1. The molecule has 0 aliphatic carbocycles. The van der Waals surface area contributed by atoms with Crippen molar-refractivity contribution < 1.29 is 10.2 Å². The Kier molecular flexibility index (Phi) is 4.79. The monoisotopic (exact) mass is 351 g/mol. The molecule has 1 aromatic rings. The quantitative estimate of drug-likeness (QED) is 0.781. The van der Waals surface area contributed by atoms with Crippen LogP contribution in [0.15, 0.2) is 21.1 Å². The maximum Gasteiger partial charge on any atom is 0.134 e. The van der Waals surface area contributed by atoms with Gasteiger partial charge in [-0.2, -0.15) is 0 Å². The highest BCUT2D eigenvalue weighted by Gasteiger charge is 2.16. The lowest BCUT2D eigenvalue weighted by molar-refractivity contribution is 0.187. The lowest BCUT2D eigenvalue weighted by Gasteiger charge is -2.24. The molecule has 0 amide bonds. The van der Waals surface area contributed by atoms with Gasteiger partial charge in [0.1, 0.15) is 5.75 Å². The van der Waals surface area contributed by atoms with Gasteiger partial charge in [0, 0.05) is 22.1 Å². The van der Waals surface area contributed by atoms with Crippen molar-refractivity contribution >= 4 is 31.9 Å². The van der Waals surface area contributed by atoms with E-state index in [1.807, 2.05) is 19.9 Å². The van der Waals surface area contributed by atoms with E-state index in [2.05, 4.69) is 37.2 Å². The number of rotatable bonds is 4. The van der Waals surface area contributed by atoms with Gasteiger partial charge in [0.2, 0.25) is 0 Å². The highest BCUT2D eigenvalue weighted by molar-refractivity contribution is 9.11. The summed E-state index contributed by atoms with van der Waals surface area (Å²) < 4.78 is 1.55. The number of hydrogen-bond acceptors (Lipinski definition) is 3. The summed E-state index contributed by atoms with van der Waals surface area (Å²) in [6.07, 6.45) is 0. The van der Waals surface area contributed by atoms with Crippen LogP contribution in [0, 0.1) is 0 Å². The van der Waals surface area contributed by atoms with E-state index in [-0.39, 0.29) is 17.9 Å². The van der Waals surface area contributed by atoms with Gasteiger partial charge in [-0.05, 0) is 41.9 Å². The molecule has 0 heterocycles. The Morgan fingerprint density at radius 1 is 1.31 bits per heavy atom. The number of aromatic hydroxyl groups is 1. The molecular weight excluding hydrogens is 338 g/mol. The second-order valence-electron chi connectivity index (χ2n) is 4.29. The molecule has 0 bridgehead atoms. The van der Waals surface area contributed by atoms with E-state index < -0.39 is 0 Å². The van der Waals surface area contributed by atoms with Crippen molar-refractivity contribution in [3.05, 3.63) is 26.6 Å². The van der Waals surface area contributed by atoms with Crippen LogP contribution < -0.4 is 5.32 Å². The molecule has 0 saturated heterocycles. The van der Waals surface area contributed by atoms with E-state index in [0.29, 0.717) is 11.0 Å². The average molecular weight is 353 g/mol. The van der Waals surface area contributed by atoms with Crippen LogP contribution in [-0.2, 0) is 6.54 Å². The number of benzene rings is 1. The zero-order valence-corrected chi connectivity index (χ0v) is 12.4. The van der Waals surface area contributed by atoms with Crippen molar-refractivity contribution in [1.29, 1.82) is 0 Å². The van der Waals surface area contributed by atoms with E-state index in [1.54, 1.807) is 6.07 Å². The zero-order valence-electron chi connectivity index (χ0n) is 9.22. The molecule has 90 valence electrons. The zero-order chi connectivity index (χ0) is 12.3. The van der Waals surface area contributed by atoms with Crippen molar-refractivity contribution in [1.82, 2.24) is 5.32 Å². The molecule has 0 saturated carbocycles. The van der Waals surface area contributed by atoms with Crippen LogP contribution in [0.3, 0.4) is 0 Å². The highest BCUT2D eigenvalue weighted by Crippen LogP contribution is 2.31. The summed E-state index contributed by atoms with van der Waals surface area (Å²) in [4.78, 5) is 0. The smallest absolute Gasteiger partial charge is 0.134 e. The van der Waals surface area contributed by atoms with Gasteiger partial charge in [-0.25, -0.2) is 0 Å². The van der Waals surface area contributed by atoms with Gasteiger partial charge < -0.3 is 15.5 Å².